The second-order valence-electron chi connectivity index (χ2n) is 8.43. The summed E-state index contributed by atoms with van der Waals surface area (Å²) in [5, 5.41) is 2.02. The minimum atomic E-state index is -0.627. The van der Waals surface area contributed by atoms with Gasteiger partial charge in [-0.2, -0.15) is 0 Å². The average molecular weight is 478 g/mol. The van der Waals surface area contributed by atoms with Crippen LogP contribution in [0.2, 0.25) is 0 Å². The first-order valence-electron chi connectivity index (χ1n) is 11.7. The van der Waals surface area contributed by atoms with Gasteiger partial charge in [-0.25, -0.2) is 4.79 Å². The maximum absolute atomic E-state index is 13.6. The van der Waals surface area contributed by atoms with Gasteiger partial charge in [0, 0.05) is 37.7 Å². The number of hydrogen-bond acceptors (Lipinski definition) is 7. The minimum Gasteiger partial charge on any atom is -0.383 e. The average Bonchev–Trinajstić information content (AvgIpc) is 3.47. The van der Waals surface area contributed by atoms with Gasteiger partial charge in [0.1, 0.15) is 5.82 Å². The van der Waals surface area contributed by atoms with E-state index in [4.69, 9.17) is 10.5 Å². The molecule has 3 heterocycles. The molecule has 182 valence electrons. The lowest BCUT2D eigenvalue weighted by Gasteiger charge is -2.29. The number of ether oxygens (including phenoxy) is 1. The number of amides is 1. The van der Waals surface area contributed by atoms with Gasteiger partial charge in [0.05, 0.1) is 12.6 Å². The van der Waals surface area contributed by atoms with Gasteiger partial charge in [-0.1, -0.05) is 26.3 Å². The van der Waals surface area contributed by atoms with Crippen molar-refractivity contribution >= 4 is 28.7 Å². The number of anilines is 2. The number of carbonyl (C=O) groups is 1. The van der Waals surface area contributed by atoms with E-state index in [-0.39, 0.29) is 30.1 Å². The van der Waals surface area contributed by atoms with Crippen molar-refractivity contribution in [1.29, 1.82) is 0 Å². The molecular weight excluding hydrogens is 442 g/mol. The normalized spacial score (nSPS) is 15.9. The SMILES string of the molecule is CCCCN(C(=O)CN(Cc1cccs1)CC1CCCO1)c1c(N)n(CCC)c(=O)[nH]c1=O. The molecule has 2 aromatic heterocycles. The highest BCUT2D eigenvalue weighted by molar-refractivity contribution is 7.09. The summed E-state index contributed by atoms with van der Waals surface area (Å²) in [7, 11) is 0. The summed E-state index contributed by atoms with van der Waals surface area (Å²) in [6, 6.07) is 4.05. The van der Waals surface area contributed by atoms with Gasteiger partial charge in [-0.15, -0.1) is 11.3 Å². The number of unbranched alkanes of at least 4 members (excludes halogenated alkanes) is 1. The van der Waals surface area contributed by atoms with Crippen molar-refractivity contribution in [3.05, 3.63) is 43.2 Å². The largest absolute Gasteiger partial charge is 0.383 e. The highest BCUT2D eigenvalue weighted by Crippen LogP contribution is 2.21. The van der Waals surface area contributed by atoms with Crippen LogP contribution >= 0.6 is 11.3 Å². The van der Waals surface area contributed by atoms with Crippen molar-refractivity contribution in [2.45, 2.75) is 65.1 Å². The van der Waals surface area contributed by atoms with Gasteiger partial charge in [0.25, 0.3) is 5.56 Å². The third-order valence-electron chi connectivity index (χ3n) is 5.77. The molecule has 33 heavy (non-hydrogen) atoms. The summed E-state index contributed by atoms with van der Waals surface area (Å²) < 4.78 is 7.14. The molecule has 10 heteroatoms. The summed E-state index contributed by atoms with van der Waals surface area (Å²) >= 11 is 1.65. The van der Waals surface area contributed by atoms with Crippen molar-refractivity contribution in [2.75, 3.05) is 36.9 Å². The molecule has 3 rings (SSSR count). The molecule has 0 radical (unpaired) electrons. The first-order valence-corrected chi connectivity index (χ1v) is 12.6. The predicted octanol–water partition coefficient (Wildman–Crippen LogP) is 2.40. The second-order valence-corrected chi connectivity index (χ2v) is 9.46. The van der Waals surface area contributed by atoms with Gasteiger partial charge in [0.2, 0.25) is 5.91 Å². The highest BCUT2D eigenvalue weighted by atomic mass is 32.1. The Balaban J connectivity index is 1.89. The van der Waals surface area contributed by atoms with Crippen LogP contribution < -0.4 is 21.9 Å². The number of hydrogen-bond donors (Lipinski definition) is 2. The predicted molar refractivity (Wildman–Crippen MR) is 132 cm³/mol. The fraction of sp³-hybridized carbons (Fsp3) is 0.609. The molecular formula is C23H35N5O4S. The number of H-pyrrole nitrogens is 1. The van der Waals surface area contributed by atoms with E-state index in [2.05, 4.69) is 16.0 Å². The van der Waals surface area contributed by atoms with Gasteiger partial charge < -0.3 is 15.4 Å². The molecule has 0 aromatic carbocycles. The maximum Gasteiger partial charge on any atom is 0.330 e. The Hall–Kier alpha value is -2.43. The monoisotopic (exact) mass is 477 g/mol. The van der Waals surface area contributed by atoms with Crippen LogP contribution in [0.5, 0.6) is 0 Å². The first-order chi connectivity index (χ1) is 15.9. The Morgan fingerprint density at radius 1 is 1.33 bits per heavy atom. The van der Waals surface area contributed by atoms with Crippen molar-refractivity contribution in [2.24, 2.45) is 0 Å². The van der Waals surface area contributed by atoms with Crippen LogP contribution in [0.1, 0.15) is 50.8 Å². The topological polar surface area (TPSA) is 114 Å². The van der Waals surface area contributed by atoms with Crippen molar-refractivity contribution in [3.8, 4) is 0 Å². The Morgan fingerprint density at radius 3 is 2.79 bits per heavy atom. The van der Waals surface area contributed by atoms with Gasteiger partial charge in [-0.05, 0) is 37.1 Å². The second kappa shape index (κ2) is 12.2. The number of aromatic amines is 1. The van der Waals surface area contributed by atoms with Crippen LogP contribution in [0, 0.1) is 0 Å². The standard InChI is InChI=1S/C23H35N5O4S/c1-3-5-11-27(20-21(24)28(10-4-2)23(31)25-22(20)30)19(29)16-26(14-17-8-6-12-32-17)15-18-9-7-13-33-18/h7,9,13,17H,3-6,8,10-12,14-16,24H2,1-2H3,(H,25,30,31). The fourth-order valence-electron chi connectivity index (χ4n) is 4.12. The number of nitrogens with zero attached hydrogens (tertiary/aromatic N) is 3. The summed E-state index contributed by atoms with van der Waals surface area (Å²) in [4.78, 5) is 45.6. The molecule has 1 atom stereocenters. The molecule has 1 amide bonds. The molecule has 1 unspecified atom stereocenters. The molecule has 1 saturated heterocycles. The van der Waals surface area contributed by atoms with E-state index in [0.717, 1.165) is 30.7 Å². The van der Waals surface area contributed by atoms with E-state index in [9.17, 15) is 14.4 Å². The van der Waals surface area contributed by atoms with Gasteiger partial charge in [0.15, 0.2) is 5.69 Å². The number of thiophene rings is 1. The smallest absolute Gasteiger partial charge is 0.330 e. The number of aromatic nitrogens is 2. The summed E-state index contributed by atoms with van der Waals surface area (Å²) in [6.45, 7) is 6.83. The molecule has 3 N–H and O–H groups in total. The Bertz CT molecular complexity index is 1010. The number of carbonyl (C=O) groups excluding carboxylic acids is 1. The fourth-order valence-corrected chi connectivity index (χ4v) is 4.87. The number of nitrogens with one attached hydrogen (secondary N) is 1. The minimum absolute atomic E-state index is 0.0407. The molecule has 0 bridgehead atoms. The zero-order valence-electron chi connectivity index (χ0n) is 19.5. The van der Waals surface area contributed by atoms with Crippen molar-refractivity contribution < 1.29 is 9.53 Å². The van der Waals surface area contributed by atoms with E-state index in [0.29, 0.717) is 39.0 Å². The van der Waals surface area contributed by atoms with Gasteiger partial charge in [-0.3, -0.25) is 24.0 Å². The lowest BCUT2D eigenvalue weighted by Crippen LogP contribution is -2.46. The first kappa shape index (κ1) is 25.2. The Labute approximate surface area is 198 Å². The molecule has 2 aromatic rings. The van der Waals surface area contributed by atoms with E-state index >= 15 is 0 Å². The van der Waals surface area contributed by atoms with Crippen molar-refractivity contribution in [1.82, 2.24) is 14.5 Å². The molecule has 1 fully saturated rings. The molecule has 1 aliphatic heterocycles. The molecule has 1 aliphatic rings. The molecule has 0 saturated carbocycles. The molecule has 9 nitrogen and oxygen atoms in total. The Kier molecular flexibility index (Phi) is 9.28. The molecule has 0 aliphatic carbocycles. The van der Waals surface area contributed by atoms with Crippen LogP contribution in [0.15, 0.2) is 27.1 Å². The van der Waals surface area contributed by atoms with Crippen molar-refractivity contribution in [3.63, 3.8) is 0 Å². The third-order valence-corrected chi connectivity index (χ3v) is 6.63. The maximum atomic E-state index is 13.6. The van der Waals surface area contributed by atoms with Crippen LogP contribution in [0.4, 0.5) is 11.5 Å². The zero-order chi connectivity index (χ0) is 23.8. The van der Waals surface area contributed by atoms with E-state index in [1.54, 1.807) is 11.3 Å². The number of rotatable bonds is 12. The van der Waals surface area contributed by atoms with Crippen LogP contribution in [0.3, 0.4) is 0 Å². The molecule has 0 spiro atoms. The Morgan fingerprint density at radius 2 is 2.15 bits per heavy atom. The van der Waals surface area contributed by atoms with E-state index in [1.807, 2.05) is 25.3 Å². The van der Waals surface area contributed by atoms with E-state index < -0.39 is 11.2 Å². The van der Waals surface area contributed by atoms with Crippen LogP contribution in [-0.2, 0) is 22.6 Å². The number of nitrogens with two attached hydrogens (primary N) is 1. The lowest BCUT2D eigenvalue weighted by atomic mass is 10.2. The third kappa shape index (κ3) is 6.55. The van der Waals surface area contributed by atoms with Crippen LogP contribution in [-0.4, -0.2) is 52.7 Å². The zero-order valence-corrected chi connectivity index (χ0v) is 20.4. The van der Waals surface area contributed by atoms with Crippen LogP contribution in [0.25, 0.3) is 0 Å². The summed E-state index contributed by atoms with van der Waals surface area (Å²) in [5.41, 5.74) is 5.16. The highest BCUT2D eigenvalue weighted by Gasteiger charge is 2.27. The summed E-state index contributed by atoms with van der Waals surface area (Å²) in [5.74, 6) is -0.170. The van der Waals surface area contributed by atoms with Gasteiger partial charge >= 0.3 is 5.69 Å². The summed E-state index contributed by atoms with van der Waals surface area (Å²) in [6.07, 6.45) is 4.34. The van der Waals surface area contributed by atoms with E-state index in [1.165, 1.54) is 9.47 Å². The quantitative estimate of drug-likeness (QED) is 0.485. The lowest BCUT2D eigenvalue weighted by molar-refractivity contribution is -0.120. The number of nitrogen functional groups attached to an aromatic ring is 1.